The molecule has 1 aliphatic rings. The van der Waals surface area contributed by atoms with Gasteiger partial charge in [0.1, 0.15) is 11.4 Å². The van der Waals surface area contributed by atoms with Gasteiger partial charge in [-0.05, 0) is 38.1 Å². The summed E-state index contributed by atoms with van der Waals surface area (Å²) in [5.41, 5.74) is 3.52. The van der Waals surface area contributed by atoms with Gasteiger partial charge < -0.3 is 19.9 Å². The zero-order valence-corrected chi connectivity index (χ0v) is 18.0. The Labute approximate surface area is 181 Å². The van der Waals surface area contributed by atoms with E-state index >= 15 is 0 Å². The predicted molar refractivity (Wildman–Crippen MR) is 120 cm³/mol. The number of methoxy groups -OCH3 is 1. The predicted octanol–water partition coefficient (Wildman–Crippen LogP) is 3.20. The highest BCUT2D eigenvalue weighted by atomic mass is 16.5. The van der Waals surface area contributed by atoms with Gasteiger partial charge in [0.25, 0.3) is 5.91 Å². The number of carbonyl (C=O) groups is 1. The van der Waals surface area contributed by atoms with Crippen LogP contribution in [0.25, 0.3) is 0 Å². The zero-order valence-electron chi connectivity index (χ0n) is 18.0. The minimum absolute atomic E-state index is 0.0646. The maximum Gasteiger partial charge on any atom is 0.259 e. The van der Waals surface area contributed by atoms with Crippen LogP contribution in [0.2, 0.25) is 0 Å². The van der Waals surface area contributed by atoms with Crippen molar-refractivity contribution in [2.45, 2.75) is 13.8 Å². The van der Waals surface area contributed by atoms with E-state index in [1.54, 1.807) is 18.3 Å². The molecule has 1 aromatic carbocycles. The van der Waals surface area contributed by atoms with Crippen molar-refractivity contribution >= 4 is 23.4 Å². The Bertz CT molecular complexity index is 1060. The molecule has 0 saturated carbocycles. The Morgan fingerprint density at radius 2 is 1.77 bits per heavy atom. The maximum absolute atomic E-state index is 12.9. The van der Waals surface area contributed by atoms with Crippen molar-refractivity contribution in [3.05, 3.63) is 65.5 Å². The van der Waals surface area contributed by atoms with Crippen LogP contribution in [-0.4, -0.2) is 59.0 Å². The number of benzene rings is 1. The topological polar surface area (TPSA) is 83.5 Å². The summed E-state index contributed by atoms with van der Waals surface area (Å²) in [5.74, 6) is 1.71. The molecular weight excluding hydrogens is 392 g/mol. The van der Waals surface area contributed by atoms with Gasteiger partial charge >= 0.3 is 0 Å². The third-order valence-electron chi connectivity index (χ3n) is 5.23. The maximum atomic E-state index is 12.9. The monoisotopic (exact) mass is 418 g/mol. The zero-order chi connectivity index (χ0) is 21.8. The summed E-state index contributed by atoms with van der Waals surface area (Å²) >= 11 is 0. The molecule has 0 atom stereocenters. The normalized spacial score (nSPS) is 13.8. The van der Waals surface area contributed by atoms with Gasteiger partial charge in [-0.3, -0.25) is 4.79 Å². The van der Waals surface area contributed by atoms with Crippen LogP contribution in [0, 0.1) is 13.8 Å². The Morgan fingerprint density at radius 3 is 2.48 bits per heavy atom. The Morgan fingerprint density at radius 1 is 1.03 bits per heavy atom. The van der Waals surface area contributed by atoms with E-state index in [0.29, 0.717) is 43.6 Å². The molecule has 0 spiro atoms. The summed E-state index contributed by atoms with van der Waals surface area (Å²) in [7, 11) is 1.52. The third-order valence-corrected chi connectivity index (χ3v) is 5.23. The van der Waals surface area contributed by atoms with Gasteiger partial charge in [0, 0.05) is 49.8 Å². The number of nitrogens with one attached hydrogen (secondary N) is 1. The molecule has 3 aromatic rings. The van der Waals surface area contributed by atoms with Gasteiger partial charge in [-0.1, -0.05) is 17.7 Å². The number of aromatic nitrogens is 3. The van der Waals surface area contributed by atoms with Crippen LogP contribution in [0.15, 0.2) is 48.7 Å². The summed E-state index contributed by atoms with van der Waals surface area (Å²) in [4.78, 5) is 30.3. The molecule has 4 rings (SSSR count). The smallest absolute Gasteiger partial charge is 0.259 e. The van der Waals surface area contributed by atoms with Crippen molar-refractivity contribution in [3.8, 4) is 5.88 Å². The van der Waals surface area contributed by atoms with Gasteiger partial charge in [0.2, 0.25) is 11.8 Å². The number of pyridine rings is 1. The van der Waals surface area contributed by atoms with Crippen molar-refractivity contribution in [2.24, 2.45) is 0 Å². The van der Waals surface area contributed by atoms with Crippen LogP contribution in [0.5, 0.6) is 5.88 Å². The molecule has 8 nitrogen and oxygen atoms in total. The number of anilines is 3. The third kappa shape index (κ3) is 4.74. The largest absolute Gasteiger partial charge is 0.480 e. The molecule has 1 fully saturated rings. The van der Waals surface area contributed by atoms with Crippen LogP contribution < -0.4 is 15.0 Å². The number of carbonyl (C=O) groups excluding carboxylic acids is 1. The van der Waals surface area contributed by atoms with Gasteiger partial charge in [-0.2, -0.15) is 4.98 Å². The van der Waals surface area contributed by atoms with Crippen molar-refractivity contribution in [1.82, 2.24) is 19.9 Å². The molecule has 1 amide bonds. The number of amides is 1. The van der Waals surface area contributed by atoms with E-state index in [0.717, 1.165) is 17.2 Å². The number of rotatable bonds is 5. The summed E-state index contributed by atoms with van der Waals surface area (Å²) in [6.45, 7) is 6.59. The highest BCUT2D eigenvalue weighted by molar-refractivity contribution is 5.96. The second-order valence-corrected chi connectivity index (χ2v) is 7.52. The summed E-state index contributed by atoms with van der Waals surface area (Å²) < 4.78 is 5.24. The molecule has 31 heavy (non-hydrogen) atoms. The average Bonchev–Trinajstić information content (AvgIpc) is 2.80. The molecule has 3 heterocycles. The molecule has 1 aliphatic heterocycles. The van der Waals surface area contributed by atoms with E-state index < -0.39 is 0 Å². The van der Waals surface area contributed by atoms with E-state index in [4.69, 9.17) is 9.72 Å². The number of nitrogens with zero attached hydrogens (tertiary/aromatic N) is 5. The van der Waals surface area contributed by atoms with Crippen LogP contribution >= 0.6 is 0 Å². The van der Waals surface area contributed by atoms with E-state index in [1.165, 1.54) is 12.7 Å². The van der Waals surface area contributed by atoms with Gasteiger partial charge in [-0.15, -0.1) is 0 Å². The summed E-state index contributed by atoms with van der Waals surface area (Å²) in [6.07, 6.45) is 1.62. The SMILES string of the molecule is COc1ncccc1C(=O)N1CCN(c2cc(C)nc(Nc3ccc(C)cc3)n2)CC1. The number of ether oxygens (including phenoxy) is 1. The molecule has 0 aliphatic carbocycles. The molecule has 0 radical (unpaired) electrons. The minimum atomic E-state index is -0.0646. The number of hydrogen-bond donors (Lipinski definition) is 1. The lowest BCUT2D eigenvalue weighted by Gasteiger charge is -2.35. The Kier molecular flexibility index (Phi) is 5.97. The van der Waals surface area contributed by atoms with Crippen molar-refractivity contribution in [3.63, 3.8) is 0 Å². The quantitative estimate of drug-likeness (QED) is 0.681. The van der Waals surface area contributed by atoms with Crippen LogP contribution in [0.4, 0.5) is 17.5 Å². The first-order chi connectivity index (χ1) is 15.0. The molecule has 1 N–H and O–H groups in total. The van der Waals surface area contributed by atoms with Crippen molar-refractivity contribution < 1.29 is 9.53 Å². The molecule has 0 bridgehead atoms. The average molecular weight is 419 g/mol. The Hall–Kier alpha value is -3.68. The second kappa shape index (κ2) is 8.99. The lowest BCUT2D eigenvalue weighted by Crippen LogP contribution is -2.49. The standard InChI is InChI=1S/C23H26N6O2/c1-16-6-8-18(9-7-16)26-23-25-17(2)15-20(27-23)28-11-13-29(14-12-28)22(30)19-5-4-10-24-21(19)31-3/h4-10,15H,11-14H2,1-3H3,(H,25,26,27). The summed E-state index contributed by atoms with van der Waals surface area (Å²) in [6, 6.07) is 13.6. The highest BCUT2D eigenvalue weighted by Crippen LogP contribution is 2.22. The molecule has 8 heteroatoms. The lowest BCUT2D eigenvalue weighted by atomic mass is 10.2. The van der Waals surface area contributed by atoms with Gasteiger partial charge in [-0.25, -0.2) is 9.97 Å². The fourth-order valence-corrected chi connectivity index (χ4v) is 3.56. The highest BCUT2D eigenvalue weighted by Gasteiger charge is 2.25. The molecule has 2 aromatic heterocycles. The van der Waals surface area contributed by atoms with Crippen LogP contribution in [-0.2, 0) is 0 Å². The minimum Gasteiger partial charge on any atom is -0.480 e. The second-order valence-electron chi connectivity index (χ2n) is 7.52. The van der Waals surface area contributed by atoms with Crippen LogP contribution in [0.3, 0.4) is 0 Å². The molecular formula is C23H26N6O2. The first-order valence-electron chi connectivity index (χ1n) is 10.3. The van der Waals surface area contributed by atoms with E-state index in [1.807, 2.05) is 42.2 Å². The number of aryl methyl sites for hydroxylation is 2. The van der Waals surface area contributed by atoms with Gasteiger partial charge in [0.05, 0.1) is 7.11 Å². The molecule has 0 unspecified atom stereocenters. The number of hydrogen-bond acceptors (Lipinski definition) is 7. The first-order valence-corrected chi connectivity index (χ1v) is 10.3. The van der Waals surface area contributed by atoms with Gasteiger partial charge in [0.15, 0.2) is 0 Å². The van der Waals surface area contributed by atoms with Crippen LogP contribution in [0.1, 0.15) is 21.6 Å². The lowest BCUT2D eigenvalue weighted by molar-refractivity contribution is 0.0742. The van der Waals surface area contributed by atoms with E-state index in [2.05, 4.69) is 27.1 Å². The Balaban J connectivity index is 1.44. The first kappa shape index (κ1) is 20.6. The molecule has 1 saturated heterocycles. The fourth-order valence-electron chi connectivity index (χ4n) is 3.56. The fraction of sp³-hybridized carbons (Fsp3) is 0.304. The van der Waals surface area contributed by atoms with E-state index in [9.17, 15) is 4.79 Å². The number of piperazine rings is 1. The van der Waals surface area contributed by atoms with E-state index in [-0.39, 0.29) is 5.91 Å². The summed E-state index contributed by atoms with van der Waals surface area (Å²) in [5, 5.41) is 3.28. The molecule has 160 valence electrons. The van der Waals surface area contributed by atoms with Crippen molar-refractivity contribution in [1.29, 1.82) is 0 Å². The van der Waals surface area contributed by atoms with Crippen molar-refractivity contribution in [2.75, 3.05) is 43.5 Å².